The molecular weight excluding hydrogens is 418 g/mol. The zero-order valence-corrected chi connectivity index (χ0v) is 18.8. The van der Waals surface area contributed by atoms with Crippen LogP contribution in [0.3, 0.4) is 0 Å². The van der Waals surface area contributed by atoms with Crippen molar-refractivity contribution in [2.75, 3.05) is 13.1 Å². The summed E-state index contributed by atoms with van der Waals surface area (Å²) in [6.45, 7) is 4.54. The number of carboxylic acid groups (broad SMARTS) is 1. The molecule has 2 saturated heterocycles. The van der Waals surface area contributed by atoms with Crippen LogP contribution in [0.4, 0.5) is 0 Å². The van der Waals surface area contributed by atoms with Crippen LogP contribution in [0, 0.1) is 5.92 Å². The SMILES string of the molecule is CC(C)CC(NC(=O)C(N)CCC(N)=O)C(=O)N1CCCC1C(=O)N1CCCC1C(=O)O. The number of carboxylic acids is 1. The van der Waals surface area contributed by atoms with Gasteiger partial charge in [0, 0.05) is 19.5 Å². The van der Waals surface area contributed by atoms with E-state index in [0.29, 0.717) is 45.2 Å². The van der Waals surface area contributed by atoms with Crippen molar-refractivity contribution in [2.24, 2.45) is 17.4 Å². The summed E-state index contributed by atoms with van der Waals surface area (Å²) in [7, 11) is 0. The summed E-state index contributed by atoms with van der Waals surface area (Å²) in [6, 6.07) is -3.46. The molecule has 0 bridgehead atoms. The molecule has 4 atom stereocenters. The van der Waals surface area contributed by atoms with E-state index in [1.807, 2.05) is 13.8 Å². The van der Waals surface area contributed by atoms with E-state index < -0.39 is 42.0 Å². The van der Waals surface area contributed by atoms with E-state index in [0.717, 1.165) is 0 Å². The number of likely N-dealkylation sites (tertiary alicyclic amines) is 2. The topological polar surface area (TPSA) is 176 Å². The highest BCUT2D eigenvalue weighted by Crippen LogP contribution is 2.26. The Balaban J connectivity index is 2.12. The Labute approximate surface area is 187 Å². The molecule has 0 aliphatic carbocycles. The van der Waals surface area contributed by atoms with Crippen molar-refractivity contribution in [1.29, 1.82) is 0 Å². The molecule has 2 fully saturated rings. The highest BCUT2D eigenvalue weighted by molar-refractivity contribution is 5.94. The van der Waals surface area contributed by atoms with Crippen LogP contribution in [0.2, 0.25) is 0 Å². The molecule has 0 saturated carbocycles. The summed E-state index contributed by atoms with van der Waals surface area (Å²) in [6.07, 6.45) is 2.46. The monoisotopic (exact) mass is 453 g/mol. The van der Waals surface area contributed by atoms with Gasteiger partial charge in [0.05, 0.1) is 6.04 Å². The van der Waals surface area contributed by atoms with Crippen LogP contribution in [0.1, 0.15) is 58.8 Å². The van der Waals surface area contributed by atoms with E-state index in [1.165, 1.54) is 9.80 Å². The fourth-order valence-corrected chi connectivity index (χ4v) is 4.37. The van der Waals surface area contributed by atoms with Crippen LogP contribution in [0.15, 0.2) is 0 Å². The van der Waals surface area contributed by atoms with E-state index in [9.17, 15) is 29.1 Å². The first-order valence-electron chi connectivity index (χ1n) is 11.2. The van der Waals surface area contributed by atoms with Crippen molar-refractivity contribution >= 4 is 29.6 Å². The lowest BCUT2D eigenvalue weighted by Gasteiger charge is -2.33. The van der Waals surface area contributed by atoms with Crippen molar-refractivity contribution in [2.45, 2.75) is 83.0 Å². The number of nitrogens with one attached hydrogen (secondary N) is 1. The van der Waals surface area contributed by atoms with Gasteiger partial charge in [-0.25, -0.2) is 4.79 Å². The highest BCUT2D eigenvalue weighted by atomic mass is 16.4. The molecule has 4 amide bonds. The zero-order valence-electron chi connectivity index (χ0n) is 18.8. The second-order valence-corrected chi connectivity index (χ2v) is 9.02. The lowest BCUT2D eigenvalue weighted by molar-refractivity contribution is -0.152. The number of carbonyl (C=O) groups is 5. The quantitative estimate of drug-likeness (QED) is 0.334. The summed E-state index contributed by atoms with van der Waals surface area (Å²) in [5.74, 6) is -2.81. The van der Waals surface area contributed by atoms with E-state index in [4.69, 9.17) is 11.5 Å². The average Bonchev–Trinajstić information content (AvgIpc) is 3.39. The van der Waals surface area contributed by atoms with Gasteiger partial charge in [-0.2, -0.15) is 0 Å². The number of hydrogen-bond donors (Lipinski definition) is 4. The van der Waals surface area contributed by atoms with Gasteiger partial charge < -0.3 is 31.7 Å². The fraction of sp³-hybridized carbons (Fsp3) is 0.762. The minimum atomic E-state index is -1.04. The molecule has 0 aromatic heterocycles. The van der Waals surface area contributed by atoms with Crippen LogP contribution in [-0.4, -0.2) is 81.8 Å². The zero-order chi connectivity index (χ0) is 24.0. The Bertz CT molecular complexity index is 742. The standard InChI is InChI=1S/C21H35N5O6/c1-12(2)11-14(24-18(28)13(22)7-8-17(23)27)19(29)25-9-3-5-15(25)20(30)26-10-4-6-16(26)21(31)32/h12-16H,3-11,22H2,1-2H3,(H2,23,27)(H,24,28)(H,31,32). The van der Waals surface area contributed by atoms with Gasteiger partial charge in [-0.05, 0) is 44.4 Å². The first kappa shape index (κ1) is 25.6. The average molecular weight is 454 g/mol. The molecule has 2 heterocycles. The number of primary amides is 1. The van der Waals surface area contributed by atoms with Gasteiger partial charge in [0.25, 0.3) is 0 Å². The van der Waals surface area contributed by atoms with E-state index in [-0.39, 0.29) is 30.6 Å². The van der Waals surface area contributed by atoms with E-state index in [1.54, 1.807) is 0 Å². The minimum absolute atomic E-state index is 0.0410. The highest BCUT2D eigenvalue weighted by Gasteiger charge is 2.43. The molecule has 11 heteroatoms. The van der Waals surface area contributed by atoms with Gasteiger partial charge in [-0.15, -0.1) is 0 Å². The second kappa shape index (κ2) is 11.3. The summed E-state index contributed by atoms with van der Waals surface area (Å²) in [4.78, 5) is 64.3. The first-order valence-corrected chi connectivity index (χ1v) is 11.2. The third-order valence-corrected chi connectivity index (χ3v) is 6.00. The Morgan fingerprint density at radius 3 is 2.19 bits per heavy atom. The molecule has 2 aliphatic heterocycles. The molecule has 4 unspecified atom stereocenters. The first-order chi connectivity index (χ1) is 15.0. The maximum Gasteiger partial charge on any atom is 0.326 e. The molecular formula is C21H35N5O6. The molecule has 32 heavy (non-hydrogen) atoms. The van der Waals surface area contributed by atoms with Crippen LogP contribution < -0.4 is 16.8 Å². The van der Waals surface area contributed by atoms with Crippen molar-refractivity contribution in [3.8, 4) is 0 Å². The van der Waals surface area contributed by atoms with Gasteiger partial charge >= 0.3 is 5.97 Å². The molecule has 180 valence electrons. The van der Waals surface area contributed by atoms with Crippen molar-refractivity contribution in [3.05, 3.63) is 0 Å². The molecule has 6 N–H and O–H groups in total. The third-order valence-electron chi connectivity index (χ3n) is 6.00. The van der Waals surface area contributed by atoms with Crippen LogP contribution in [0.25, 0.3) is 0 Å². The Morgan fingerprint density at radius 1 is 1.03 bits per heavy atom. The molecule has 2 rings (SSSR count). The Morgan fingerprint density at radius 2 is 1.62 bits per heavy atom. The maximum atomic E-state index is 13.4. The predicted molar refractivity (Wildman–Crippen MR) is 115 cm³/mol. The van der Waals surface area contributed by atoms with Gasteiger partial charge in [-0.1, -0.05) is 13.8 Å². The van der Waals surface area contributed by atoms with Crippen molar-refractivity contribution in [3.63, 3.8) is 0 Å². The van der Waals surface area contributed by atoms with Gasteiger partial charge in [0.2, 0.25) is 23.6 Å². The Hall–Kier alpha value is -2.69. The lowest BCUT2D eigenvalue weighted by Crippen LogP contribution is -2.57. The number of nitrogens with zero attached hydrogens (tertiary/aromatic N) is 2. The van der Waals surface area contributed by atoms with Crippen molar-refractivity contribution in [1.82, 2.24) is 15.1 Å². The molecule has 0 aromatic carbocycles. The third kappa shape index (κ3) is 6.41. The van der Waals surface area contributed by atoms with Gasteiger partial charge in [-0.3, -0.25) is 19.2 Å². The van der Waals surface area contributed by atoms with Crippen molar-refractivity contribution < 1.29 is 29.1 Å². The largest absolute Gasteiger partial charge is 0.480 e. The predicted octanol–water partition coefficient (Wildman–Crippen LogP) is -0.823. The molecule has 11 nitrogen and oxygen atoms in total. The number of hydrogen-bond acceptors (Lipinski definition) is 6. The molecule has 0 spiro atoms. The second-order valence-electron chi connectivity index (χ2n) is 9.02. The number of amides is 4. The minimum Gasteiger partial charge on any atom is -0.480 e. The van der Waals surface area contributed by atoms with E-state index in [2.05, 4.69) is 5.32 Å². The number of rotatable bonds is 10. The normalized spacial score (nSPS) is 22.6. The summed E-state index contributed by atoms with van der Waals surface area (Å²) < 4.78 is 0. The Kier molecular flexibility index (Phi) is 8.99. The smallest absolute Gasteiger partial charge is 0.326 e. The summed E-state index contributed by atoms with van der Waals surface area (Å²) >= 11 is 0. The molecule has 2 aliphatic rings. The summed E-state index contributed by atoms with van der Waals surface area (Å²) in [5, 5.41) is 12.1. The fourth-order valence-electron chi connectivity index (χ4n) is 4.37. The number of nitrogens with two attached hydrogens (primary N) is 2. The lowest BCUT2D eigenvalue weighted by atomic mass is 10.0. The number of aliphatic carboxylic acids is 1. The van der Waals surface area contributed by atoms with Crippen LogP contribution >= 0.6 is 0 Å². The maximum absolute atomic E-state index is 13.4. The molecule has 0 aromatic rings. The van der Waals surface area contributed by atoms with Gasteiger partial charge in [0.15, 0.2) is 0 Å². The molecule has 0 radical (unpaired) electrons. The van der Waals surface area contributed by atoms with Crippen LogP contribution in [-0.2, 0) is 24.0 Å². The summed E-state index contributed by atoms with van der Waals surface area (Å²) in [5.41, 5.74) is 10.9. The van der Waals surface area contributed by atoms with Crippen LogP contribution in [0.5, 0.6) is 0 Å². The van der Waals surface area contributed by atoms with Gasteiger partial charge in [0.1, 0.15) is 18.1 Å². The number of carbonyl (C=O) groups excluding carboxylic acids is 4. The van der Waals surface area contributed by atoms with E-state index >= 15 is 0 Å².